The Labute approximate surface area is 101 Å². The molecule has 0 radical (unpaired) electrons. The number of para-hydroxylation sites is 1. The van der Waals surface area contributed by atoms with Crippen molar-refractivity contribution in [2.24, 2.45) is 5.73 Å². The Morgan fingerprint density at radius 2 is 2.24 bits per heavy atom. The number of fused-ring (bicyclic) bond motifs is 1. The van der Waals surface area contributed by atoms with Gasteiger partial charge in [-0.05, 0) is 37.8 Å². The molecule has 1 aromatic heterocycles. The first-order valence-corrected chi connectivity index (χ1v) is 6.35. The second kappa shape index (κ2) is 4.15. The first-order valence-electron chi connectivity index (χ1n) is 6.35. The number of hydrogen-bond donors (Lipinski definition) is 1. The summed E-state index contributed by atoms with van der Waals surface area (Å²) >= 11 is 0. The van der Waals surface area contributed by atoms with Crippen molar-refractivity contribution in [3.8, 4) is 0 Å². The van der Waals surface area contributed by atoms with Crippen LogP contribution in [0.4, 0.5) is 0 Å². The molecule has 90 valence electrons. The van der Waals surface area contributed by atoms with Gasteiger partial charge < -0.3 is 10.2 Å². The Morgan fingerprint density at radius 3 is 3.00 bits per heavy atom. The molecule has 2 atom stereocenters. The quantitative estimate of drug-likeness (QED) is 0.818. The SMILES string of the molecule is Cc1cccc2oc(C3CCCC(N)C3)nc12. The van der Waals surface area contributed by atoms with E-state index in [1.807, 2.05) is 12.1 Å². The van der Waals surface area contributed by atoms with Crippen LogP contribution in [0.3, 0.4) is 0 Å². The Hall–Kier alpha value is -1.35. The van der Waals surface area contributed by atoms with Gasteiger partial charge in [0.25, 0.3) is 0 Å². The molecular weight excluding hydrogens is 212 g/mol. The van der Waals surface area contributed by atoms with Crippen LogP contribution >= 0.6 is 0 Å². The molecule has 1 saturated carbocycles. The fraction of sp³-hybridized carbons (Fsp3) is 0.500. The van der Waals surface area contributed by atoms with Crippen LogP contribution in [0.2, 0.25) is 0 Å². The van der Waals surface area contributed by atoms with E-state index >= 15 is 0 Å². The lowest BCUT2D eigenvalue weighted by molar-refractivity contribution is 0.343. The van der Waals surface area contributed by atoms with Gasteiger partial charge in [-0.2, -0.15) is 0 Å². The first kappa shape index (κ1) is 10.8. The summed E-state index contributed by atoms with van der Waals surface area (Å²) in [5.74, 6) is 1.29. The van der Waals surface area contributed by atoms with Gasteiger partial charge in [-0.1, -0.05) is 18.6 Å². The summed E-state index contributed by atoms with van der Waals surface area (Å²) in [6.07, 6.45) is 4.48. The van der Waals surface area contributed by atoms with Gasteiger partial charge >= 0.3 is 0 Å². The van der Waals surface area contributed by atoms with Gasteiger partial charge in [0.2, 0.25) is 0 Å². The molecule has 1 fully saturated rings. The van der Waals surface area contributed by atoms with Crippen molar-refractivity contribution in [1.82, 2.24) is 4.98 Å². The highest BCUT2D eigenvalue weighted by Crippen LogP contribution is 2.33. The van der Waals surface area contributed by atoms with Crippen molar-refractivity contribution in [3.05, 3.63) is 29.7 Å². The predicted octanol–water partition coefficient (Wildman–Crippen LogP) is 3.12. The van der Waals surface area contributed by atoms with Crippen LogP contribution in [-0.2, 0) is 0 Å². The van der Waals surface area contributed by atoms with Crippen LogP contribution in [0.1, 0.15) is 43.1 Å². The van der Waals surface area contributed by atoms with Gasteiger partial charge in [-0.3, -0.25) is 0 Å². The summed E-state index contributed by atoms with van der Waals surface area (Å²) < 4.78 is 5.87. The van der Waals surface area contributed by atoms with Gasteiger partial charge in [0.15, 0.2) is 11.5 Å². The Balaban J connectivity index is 1.97. The molecule has 1 aliphatic rings. The highest BCUT2D eigenvalue weighted by Gasteiger charge is 2.25. The van der Waals surface area contributed by atoms with Crippen molar-refractivity contribution in [2.75, 3.05) is 0 Å². The van der Waals surface area contributed by atoms with Crippen molar-refractivity contribution >= 4 is 11.1 Å². The lowest BCUT2D eigenvalue weighted by Gasteiger charge is -2.23. The highest BCUT2D eigenvalue weighted by atomic mass is 16.3. The lowest BCUT2D eigenvalue weighted by Crippen LogP contribution is -2.26. The molecule has 0 bridgehead atoms. The number of oxazole rings is 1. The number of benzene rings is 1. The molecule has 1 aliphatic carbocycles. The smallest absolute Gasteiger partial charge is 0.198 e. The Bertz CT molecular complexity index is 532. The zero-order valence-electron chi connectivity index (χ0n) is 10.1. The maximum absolute atomic E-state index is 6.02. The molecule has 0 amide bonds. The minimum absolute atomic E-state index is 0.310. The number of rotatable bonds is 1. The van der Waals surface area contributed by atoms with E-state index in [0.29, 0.717) is 12.0 Å². The molecule has 2 unspecified atom stereocenters. The molecule has 1 heterocycles. The van der Waals surface area contributed by atoms with Gasteiger partial charge in [0, 0.05) is 12.0 Å². The zero-order valence-corrected chi connectivity index (χ0v) is 10.1. The monoisotopic (exact) mass is 230 g/mol. The summed E-state index contributed by atoms with van der Waals surface area (Å²) in [5.41, 5.74) is 9.10. The van der Waals surface area contributed by atoms with E-state index in [2.05, 4.69) is 18.0 Å². The minimum Gasteiger partial charge on any atom is -0.440 e. The third kappa shape index (κ3) is 1.95. The summed E-state index contributed by atoms with van der Waals surface area (Å²) in [4.78, 5) is 4.65. The van der Waals surface area contributed by atoms with E-state index in [0.717, 1.165) is 36.3 Å². The van der Waals surface area contributed by atoms with Crippen LogP contribution in [-0.4, -0.2) is 11.0 Å². The molecule has 3 heteroatoms. The fourth-order valence-electron chi connectivity index (χ4n) is 2.73. The molecule has 1 aromatic carbocycles. The third-order valence-electron chi connectivity index (χ3n) is 3.70. The van der Waals surface area contributed by atoms with Crippen molar-refractivity contribution < 1.29 is 4.42 Å². The van der Waals surface area contributed by atoms with E-state index in [1.54, 1.807) is 0 Å². The van der Waals surface area contributed by atoms with E-state index in [1.165, 1.54) is 12.0 Å². The summed E-state index contributed by atoms with van der Waals surface area (Å²) in [5, 5.41) is 0. The Kier molecular flexibility index (Phi) is 2.63. The van der Waals surface area contributed by atoms with Crippen LogP contribution in [0.25, 0.3) is 11.1 Å². The second-order valence-electron chi connectivity index (χ2n) is 5.10. The van der Waals surface area contributed by atoms with Crippen LogP contribution in [0.5, 0.6) is 0 Å². The summed E-state index contributed by atoms with van der Waals surface area (Å²) in [7, 11) is 0. The van der Waals surface area contributed by atoms with E-state index in [-0.39, 0.29) is 0 Å². The number of nitrogens with zero attached hydrogens (tertiary/aromatic N) is 1. The Morgan fingerprint density at radius 1 is 1.35 bits per heavy atom. The van der Waals surface area contributed by atoms with Crippen LogP contribution in [0, 0.1) is 6.92 Å². The van der Waals surface area contributed by atoms with E-state index < -0.39 is 0 Å². The molecular formula is C14H18N2O. The molecule has 0 aliphatic heterocycles. The number of aromatic nitrogens is 1. The van der Waals surface area contributed by atoms with Crippen LogP contribution < -0.4 is 5.73 Å². The largest absolute Gasteiger partial charge is 0.440 e. The maximum Gasteiger partial charge on any atom is 0.198 e. The first-order chi connectivity index (χ1) is 8.24. The van der Waals surface area contributed by atoms with Crippen molar-refractivity contribution in [1.29, 1.82) is 0 Å². The molecule has 17 heavy (non-hydrogen) atoms. The number of hydrogen-bond acceptors (Lipinski definition) is 3. The van der Waals surface area contributed by atoms with Crippen molar-refractivity contribution in [2.45, 2.75) is 44.6 Å². The predicted molar refractivity (Wildman–Crippen MR) is 67.9 cm³/mol. The summed E-state index contributed by atoms with van der Waals surface area (Å²) in [6, 6.07) is 6.38. The standard InChI is InChI=1S/C14H18N2O/c1-9-4-2-7-12-13(9)16-14(17-12)10-5-3-6-11(15)8-10/h2,4,7,10-11H,3,5-6,8,15H2,1H3. The van der Waals surface area contributed by atoms with Crippen molar-refractivity contribution in [3.63, 3.8) is 0 Å². The van der Waals surface area contributed by atoms with Gasteiger partial charge in [0.05, 0.1) is 0 Å². The zero-order chi connectivity index (χ0) is 11.8. The highest BCUT2D eigenvalue weighted by molar-refractivity contribution is 5.76. The molecule has 3 nitrogen and oxygen atoms in total. The number of nitrogens with two attached hydrogens (primary N) is 1. The normalized spacial score (nSPS) is 25.3. The lowest BCUT2D eigenvalue weighted by atomic mass is 9.86. The topological polar surface area (TPSA) is 52.0 Å². The van der Waals surface area contributed by atoms with Gasteiger partial charge in [-0.25, -0.2) is 4.98 Å². The van der Waals surface area contributed by atoms with Gasteiger partial charge in [-0.15, -0.1) is 0 Å². The maximum atomic E-state index is 6.02. The van der Waals surface area contributed by atoms with Crippen LogP contribution in [0.15, 0.2) is 22.6 Å². The van der Waals surface area contributed by atoms with E-state index in [9.17, 15) is 0 Å². The fourth-order valence-corrected chi connectivity index (χ4v) is 2.73. The number of aryl methyl sites for hydroxylation is 1. The second-order valence-corrected chi connectivity index (χ2v) is 5.10. The molecule has 3 rings (SSSR count). The third-order valence-corrected chi connectivity index (χ3v) is 3.70. The summed E-state index contributed by atoms with van der Waals surface area (Å²) in [6.45, 7) is 2.07. The molecule has 0 spiro atoms. The molecule has 2 N–H and O–H groups in total. The molecule has 2 aromatic rings. The molecule has 0 saturated heterocycles. The van der Waals surface area contributed by atoms with Gasteiger partial charge in [0.1, 0.15) is 5.52 Å². The average Bonchev–Trinajstić information content (AvgIpc) is 2.74. The van der Waals surface area contributed by atoms with E-state index in [4.69, 9.17) is 10.2 Å². The average molecular weight is 230 g/mol. The minimum atomic E-state index is 0.310.